The lowest BCUT2D eigenvalue weighted by atomic mass is 9.85. The van der Waals surface area contributed by atoms with Gasteiger partial charge in [-0.1, -0.05) is 63.2 Å². The third-order valence-electron chi connectivity index (χ3n) is 8.63. The zero-order valence-electron chi connectivity index (χ0n) is 23.7. The molecule has 0 saturated carbocycles. The largest absolute Gasteiger partial charge is 0.456 e. The van der Waals surface area contributed by atoms with Crippen molar-refractivity contribution < 1.29 is 4.42 Å². The maximum absolute atomic E-state index is 6.50. The Bertz CT molecular complexity index is 1740. The highest BCUT2D eigenvalue weighted by Gasteiger charge is 2.21. The lowest BCUT2D eigenvalue weighted by molar-refractivity contribution is 0.590. The van der Waals surface area contributed by atoms with E-state index in [4.69, 9.17) is 4.42 Å². The topological polar surface area (TPSA) is 25.2 Å². The predicted molar refractivity (Wildman–Crippen MR) is 162 cm³/mol. The van der Waals surface area contributed by atoms with Gasteiger partial charge < -0.3 is 9.73 Å². The van der Waals surface area contributed by atoms with Gasteiger partial charge in [-0.25, -0.2) is 0 Å². The molecule has 192 valence electrons. The summed E-state index contributed by atoms with van der Waals surface area (Å²) in [6.45, 7) is 15.7. The summed E-state index contributed by atoms with van der Waals surface area (Å²) >= 11 is 0. The summed E-state index contributed by atoms with van der Waals surface area (Å²) in [5.41, 5.74) is 16.4. The minimum Gasteiger partial charge on any atom is -0.456 e. The minimum absolute atomic E-state index is 0.0941. The quantitative estimate of drug-likeness (QED) is 0.267. The maximum atomic E-state index is 6.50. The molecule has 1 aliphatic rings. The zero-order chi connectivity index (χ0) is 26.8. The second kappa shape index (κ2) is 8.91. The Morgan fingerprint density at radius 2 is 1.50 bits per heavy atom. The number of hydrogen-bond acceptors (Lipinski definition) is 2. The number of fused-ring (bicyclic) bond motifs is 4. The fraction of sp³-hybridized carbons (Fsp3) is 0.278. The number of benzene rings is 4. The van der Waals surface area contributed by atoms with Gasteiger partial charge in [0, 0.05) is 34.1 Å². The Labute approximate surface area is 226 Å². The summed E-state index contributed by atoms with van der Waals surface area (Å²) < 4.78 is 6.50. The molecular weight excluding hydrogens is 462 g/mol. The van der Waals surface area contributed by atoms with Crippen LogP contribution in [0.25, 0.3) is 33.1 Å². The number of nitrogens with one attached hydrogen (secondary N) is 1. The highest BCUT2D eigenvalue weighted by atomic mass is 16.3. The Kier molecular flexibility index (Phi) is 5.76. The normalized spacial score (nSPS) is 13.6. The number of hydrogen-bond donors (Lipinski definition) is 1. The number of aryl methyl sites for hydroxylation is 2. The van der Waals surface area contributed by atoms with Crippen LogP contribution in [0.4, 0.5) is 5.69 Å². The molecule has 0 spiro atoms. The molecule has 1 heterocycles. The smallest absolute Gasteiger partial charge is 0.138 e. The molecule has 1 aliphatic carbocycles. The van der Waals surface area contributed by atoms with Crippen molar-refractivity contribution >= 4 is 27.6 Å². The summed E-state index contributed by atoms with van der Waals surface area (Å²) in [6.07, 6.45) is 4.15. The Morgan fingerprint density at radius 1 is 0.763 bits per heavy atom. The Hall–Kier alpha value is -3.78. The van der Waals surface area contributed by atoms with Crippen LogP contribution >= 0.6 is 0 Å². The molecule has 38 heavy (non-hydrogen) atoms. The van der Waals surface area contributed by atoms with E-state index in [1.807, 2.05) is 0 Å². The summed E-state index contributed by atoms with van der Waals surface area (Å²) in [5, 5.41) is 6.33. The van der Waals surface area contributed by atoms with E-state index in [1.165, 1.54) is 66.5 Å². The van der Waals surface area contributed by atoms with Crippen LogP contribution in [0.15, 0.2) is 76.9 Å². The van der Waals surface area contributed by atoms with E-state index in [2.05, 4.69) is 121 Å². The number of rotatable bonds is 3. The first-order valence-corrected chi connectivity index (χ1v) is 13.7. The predicted octanol–water partition coefficient (Wildman–Crippen LogP) is 9.88. The van der Waals surface area contributed by atoms with Gasteiger partial charge in [0.15, 0.2) is 0 Å². The molecule has 0 saturated heterocycles. The van der Waals surface area contributed by atoms with Gasteiger partial charge in [-0.05, 0) is 108 Å². The van der Waals surface area contributed by atoms with Crippen molar-refractivity contribution in [2.45, 2.75) is 66.7 Å². The third kappa shape index (κ3) is 4.04. The number of anilines is 1. The summed E-state index contributed by atoms with van der Waals surface area (Å²) in [5.74, 6) is 0. The van der Waals surface area contributed by atoms with Gasteiger partial charge in [-0.15, -0.1) is 0 Å². The van der Waals surface area contributed by atoms with Crippen LogP contribution in [0.5, 0.6) is 0 Å². The number of allylic oxidation sites excluding steroid dienone is 2. The fourth-order valence-electron chi connectivity index (χ4n) is 5.90. The van der Waals surface area contributed by atoms with Crippen LogP contribution in [0.1, 0.15) is 59.7 Å². The van der Waals surface area contributed by atoms with Crippen molar-refractivity contribution in [3.05, 3.63) is 111 Å². The first-order valence-electron chi connectivity index (χ1n) is 13.7. The fourth-order valence-corrected chi connectivity index (χ4v) is 5.90. The van der Waals surface area contributed by atoms with E-state index in [1.54, 1.807) is 0 Å². The molecule has 0 atom stereocenters. The van der Waals surface area contributed by atoms with Crippen molar-refractivity contribution in [3.8, 4) is 11.1 Å². The van der Waals surface area contributed by atoms with Crippen LogP contribution in [0, 0.1) is 27.7 Å². The van der Waals surface area contributed by atoms with Gasteiger partial charge in [0.05, 0.1) is 0 Å². The Morgan fingerprint density at radius 3 is 2.24 bits per heavy atom. The molecule has 5 aromatic rings. The maximum Gasteiger partial charge on any atom is 0.138 e. The van der Waals surface area contributed by atoms with E-state index >= 15 is 0 Å². The van der Waals surface area contributed by atoms with Gasteiger partial charge in [0.1, 0.15) is 11.2 Å². The molecule has 0 aliphatic heterocycles. The van der Waals surface area contributed by atoms with Crippen molar-refractivity contribution in [1.29, 1.82) is 0 Å². The highest BCUT2D eigenvalue weighted by molar-refractivity contribution is 6.09. The molecule has 6 rings (SSSR count). The van der Waals surface area contributed by atoms with Crippen molar-refractivity contribution in [2.24, 2.45) is 0 Å². The molecule has 0 fully saturated rings. The lowest BCUT2D eigenvalue weighted by Gasteiger charge is -2.24. The summed E-state index contributed by atoms with van der Waals surface area (Å²) in [6, 6.07) is 22.2. The standard InChI is InChI=1S/C36H37NO/c1-21-22(2)24(4)35-34(23(21)3)31-18-26-13-15-29(17-27(26)19-33(31)38-35)37-32-16-14-28(36(5,6)7)20-30(32)25-11-9-8-10-12-25/h8-12,14-16,18-20,37H,13,17H2,1-7H3. The van der Waals surface area contributed by atoms with Crippen molar-refractivity contribution in [1.82, 2.24) is 0 Å². The van der Waals surface area contributed by atoms with E-state index in [0.29, 0.717) is 0 Å². The van der Waals surface area contributed by atoms with E-state index in [9.17, 15) is 0 Å². The monoisotopic (exact) mass is 499 g/mol. The van der Waals surface area contributed by atoms with Crippen LogP contribution in [0.2, 0.25) is 0 Å². The molecule has 4 aromatic carbocycles. The molecule has 0 amide bonds. The molecule has 2 nitrogen and oxygen atoms in total. The number of furan rings is 1. The first-order chi connectivity index (χ1) is 18.1. The molecule has 0 unspecified atom stereocenters. The molecule has 2 heteroatoms. The van der Waals surface area contributed by atoms with Crippen LogP contribution in [0.3, 0.4) is 0 Å². The van der Waals surface area contributed by atoms with Gasteiger partial charge in [-0.2, -0.15) is 0 Å². The Balaban J connectivity index is 1.38. The van der Waals surface area contributed by atoms with Gasteiger partial charge in [0.2, 0.25) is 0 Å². The van der Waals surface area contributed by atoms with Gasteiger partial charge in [-0.3, -0.25) is 0 Å². The summed E-state index contributed by atoms with van der Waals surface area (Å²) in [4.78, 5) is 0. The third-order valence-corrected chi connectivity index (χ3v) is 8.63. The van der Waals surface area contributed by atoms with E-state index < -0.39 is 0 Å². The van der Waals surface area contributed by atoms with E-state index in [-0.39, 0.29) is 5.41 Å². The van der Waals surface area contributed by atoms with Crippen LogP contribution < -0.4 is 5.32 Å². The van der Waals surface area contributed by atoms with Crippen LogP contribution in [-0.4, -0.2) is 0 Å². The van der Waals surface area contributed by atoms with Crippen molar-refractivity contribution in [2.75, 3.05) is 5.32 Å². The van der Waals surface area contributed by atoms with Crippen LogP contribution in [-0.2, 0) is 18.3 Å². The second-order valence-corrected chi connectivity index (χ2v) is 12.0. The average Bonchev–Trinajstić information content (AvgIpc) is 3.28. The molecular formula is C36H37NO. The zero-order valence-corrected chi connectivity index (χ0v) is 23.7. The average molecular weight is 500 g/mol. The van der Waals surface area contributed by atoms with E-state index in [0.717, 1.165) is 29.7 Å². The van der Waals surface area contributed by atoms with Gasteiger partial charge >= 0.3 is 0 Å². The highest BCUT2D eigenvalue weighted by Crippen LogP contribution is 2.40. The molecule has 1 N–H and O–H groups in total. The van der Waals surface area contributed by atoms with Crippen molar-refractivity contribution in [3.63, 3.8) is 0 Å². The first kappa shape index (κ1) is 24.6. The van der Waals surface area contributed by atoms with Gasteiger partial charge in [0.25, 0.3) is 0 Å². The minimum atomic E-state index is 0.0941. The molecule has 0 bridgehead atoms. The molecule has 0 radical (unpaired) electrons. The lowest BCUT2D eigenvalue weighted by Crippen LogP contribution is -2.13. The second-order valence-electron chi connectivity index (χ2n) is 12.0. The molecule has 1 aromatic heterocycles. The SMILES string of the molecule is Cc1c(C)c(C)c2c(oc3cc4c(cc32)CC=C(Nc2ccc(C(C)(C)C)cc2-c2ccccc2)C4)c1C. The summed E-state index contributed by atoms with van der Waals surface area (Å²) in [7, 11) is 0.